The van der Waals surface area contributed by atoms with Crippen molar-refractivity contribution in [1.29, 1.82) is 0 Å². The number of hydrogen-bond donors (Lipinski definition) is 4. The van der Waals surface area contributed by atoms with Gasteiger partial charge in [0.15, 0.2) is 0 Å². The highest BCUT2D eigenvalue weighted by Crippen LogP contribution is 2.51. The zero-order chi connectivity index (χ0) is 21.3. The molecule has 8 atom stereocenters. The number of hydrogen-bond acceptors (Lipinski definition) is 7. The van der Waals surface area contributed by atoms with Crippen LogP contribution in [0.5, 0.6) is 0 Å². The molecule has 5 heterocycles. The molecule has 4 N–H and O–H groups in total. The van der Waals surface area contributed by atoms with E-state index < -0.39 is 18.0 Å². The number of fused-ring (bicyclic) bond motifs is 3. The molecule has 0 aromatic heterocycles. The van der Waals surface area contributed by atoms with Crippen LogP contribution < -0.4 is 10.6 Å². The maximum absolute atomic E-state index is 13.0. The smallest absolute Gasteiger partial charge is 0.353 e. The van der Waals surface area contributed by atoms with Gasteiger partial charge in [-0.05, 0) is 19.8 Å². The van der Waals surface area contributed by atoms with Crippen LogP contribution in [0.3, 0.4) is 0 Å². The number of β-lactam (4-membered cyclic amide) rings is 1. The summed E-state index contributed by atoms with van der Waals surface area (Å²) < 4.78 is 0. The Balaban J connectivity index is 1.28. The molecule has 9 nitrogen and oxygen atoms in total. The molecule has 164 valence electrons. The Morgan fingerprint density at radius 3 is 2.60 bits per heavy atom. The number of carboxylic acid groups (broad SMARTS) is 1. The van der Waals surface area contributed by atoms with E-state index >= 15 is 0 Å². The molecule has 10 heteroatoms. The Hall–Kier alpha value is -1.62. The summed E-state index contributed by atoms with van der Waals surface area (Å²) in [6.07, 6.45) is 0.867. The molecule has 2 amide bonds. The van der Waals surface area contributed by atoms with Gasteiger partial charge < -0.3 is 30.6 Å². The van der Waals surface area contributed by atoms with Crippen LogP contribution in [-0.4, -0.2) is 93.0 Å². The van der Waals surface area contributed by atoms with Crippen LogP contribution in [-0.2, 0) is 14.4 Å². The molecular weight excluding hydrogens is 408 g/mol. The van der Waals surface area contributed by atoms with Crippen LogP contribution in [0.4, 0.5) is 0 Å². The molecule has 4 fully saturated rings. The molecule has 0 saturated carbocycles. The highest BCUT2D eigenvalue weighted by Gasteiger charge is 2.60. The van der Waals surface area contributed by atoms with E-state index in [1.807, 2.05) is 11.8 Å². The molecule has 5 aliphatic rings. The average Bonchev–Trinajstić information content (AvgIpc) is 3.45. The highest BCUT2D eigenvalue weighted by molar-refractivity contribution is 8.03. The molecule has 0 spiro atoms. The van der Waals surface area contributed by atoms with E-state index in [-0.39, 0.29) is 40.8 Å². The zero-order valence-electron chi connectivity index (χ0n) is 17.1. The van der Waals surface area contributed by atoms with Gasteiger partial charge in [0.05, 0.1) is 24.1 Å². The van der Waals surface area contributed by atoms with Crippen molar-refractivity contribution in [2.75, 3.05) is 19.6 Å². The third kappa shape index (κ3) is 2.91. The normalized spacial score (nSPS) is 40.8. The number of thioether (sulfide) groups is 1. The fourth-order valence-corrected chi connectivity index (χ4v) is 7.35. The van der Waals surface area contributed by atoms with E-state index in [1.54, 1.807) is 6.92 Å². The molecule has 0 radical (unpaired) electrons. The van der Waals surface area contributed by atoms with Crippen molar-refractivity contribution in [3.05, 3.63) is 10.6 Å². The van der Waals surface area contributed by atoms with Gasteiger partial charge in [-0.1, -0.05) is 6.92 Å². The van der Waals surface area contributed by atoms with Crippen molar-refractivity contribution >= 4 is 29.5 Å². The van der Waals surface area contributed by atoms with Gasteiger partial charge in [-0.3, -0.25) is 9.59 Å². The first-order chi connectivity index (χ1) is 14.3. The van der Waals surface area contributed by atoms with E-state index in [1.165, 1.54) is 16.7 Å². The van der Waals surface area contributed by atoms with Gasteiger partial charge in [0.1, 0.15) is 5.70 Å². The Morgan fingerprint density at radius 2 is 2.00 bits per heavy atom. The van der Waals surface area contributed by atoms with Gasteiger partial charge in [-0.25, -0.2) is 4.79 Å². The van der Waals surface area contributed by atoms with Crippen molar-refractivity contribution < 1.29 is 24.6 Å². The van der Waals surface area contributed by atoms with E-state index in [4.69, 9.17) is 0 Å². The third-order valence-electron chi connectivity index (χ3n) is 7.33. The van der Waals surface area contributed by atoms with Gasteiger partial charge >= 0.3 is 5.97 Å². The standard InChI is InChI=1S/C20H28N4O5S/c1-8-15-14(9(2)25)19(27)24(15)16(20(28)29)17(8)30-12-4-13(22-6-12)18(26)23-7-10-3-11(23)5-21-10/h8-15,21-22,25H,3-7H2,1-2H3,(H,28,29)/t8-,9-,10+,11+,12+,13+,14-,15-/m1/s1. The first kappa shape index (κ1) is 20.3. The first-order valence-electron chi connectivity index (χ1n) is 10.7. The van der Waals surface area contributed by atoms with E-state index in [2.05, 4.69) is 10.6 Å². The number of rotatable bonds is 5. The van der Waals surface area contributed by atoms with E-state index in [0.29, 0.717) is 30.0 Å². The van der Waals surface area contributed by atoms with Crippen LogP contribution in [0.2, 0.25) is 0 Å². The quantitative estimate of drug-likeness (QED) is 0.412. The summed E-state index contributed by atoms with van der Waals surface area (Å²) in [7, 11) is 0. The van der Waals surface area contributed by atoms with Crippen molar-refractivity contribution in [2.24, 2.45) is 11.8 Å². The van der Waals surface area contributed by atoms with Crippen molar-refractivity contribution in [1.82, 2.24) is 20.4 Å². The molecule has 0 aliphatic carbocycles. The third-order valence-corrected chi connectivity index (χ3v) is 8.84. The summed E-state index contributed by atoms with van der Waals surface area (Å²) in [5.41, 5.74) is 0.0529. The molecule has 0 aromatic rings. The number of carbonyl (C=O) groups is 3. The predicted octanol–water partition coefficient (Wildman–Crippen LogP) is -0.823. The second-order valence-corrected chi connectivity index (χ2v) is 10.5. The number of carboxylic acids is 1. The highest BCUT2D eigenvalue weighted by atomic mass is 32.2. The van der Waals surface area contributed by atoms with Gasteiger partial charge in [0.25, 0.3) is 0 Å². The molecule has 30 heavy (non-hydrogen) atoms. The summed E-state index contributed by atoms with van der Waals surface area (Å²) in [4.78, 5) is 41.4. The SMILES string of the molecule is C[C@@H](O)[C@H]1C(=O)N2C(C(=O)O)=C(S[C@@H]3CN[C@H](C(=O)N4C[C@@H]5C[C@H]4CN5)C3)[C@H](C)[C@H]12. The van der Waals surface area contributed by atoms with Gasteiger partial charge in [0, 0.05) is 47.8 Å². The number of aliphatic hydroxyl groups excluding tert-OH is 1. The first-order valence-corrected chi connectivity index (χ1v) is 11.6. The van der Waals surface area contributed by atoms with Crippen LogP contribution in [0.25, 0.3) is 0 Å². The Bertz CT molecular complexity index is 832. The lowest BCUT2D eigenvalue weighted by molar-refractivity contribution is -0.163. The number of aliphatic hydroxyl groups is 1. The minimum Gasteiger partial charge on any atom is -0.477 e. The molecule has 0 aromatic carbocycles. The lowest BCUT2D eigenvalue weighted by Gasteiger charge is -2.46. The zero-order valence-corrected chi connectivity index (χ0v) is 17.9. The number of aliphatic carboxylic acids is 1. The Morgan fingerprint density at radius 1 is 1.23 bits per heavy atom. The minimum absolute atomic E-state index is 0.0529. The van der Waals surface area contributed by atoms with Crippen LogP contribution >= 0.6 is 11.8 Å². The summed E-state index contributed by atoms with van der Waals surface area (Å²) in [6, 6.07) is 0.165. The summed E-state index contributed by atoms with van der Waals surface area (Å²) in [6.45, 7) is 5.77. The lowest BCUT2D eigenvalue weighted by Crippen LogP contribution is -2.63. The number of nitrogens with zero attached hydrogens (tertiary/aromatic N) is 2. The largest absolute Gasteiger partial charge is 0.477 e. The molecule has 0 unspecified atom stereocenters. The summed E-state index contributed by atoms with van der Waals surface area (Å²) in [5, 5.41) is 26.6. The number of likely N-dealkylation sites (tertiary alicyclic amines) is 1. The van der Waals surface area contributed by atoms with Crippen molar-refractivity contribution in [3.8, 4) is 0 Å². The van der Waals surface area contributed by atoms with Gasteiger partial charge in [-0.2, -0.15) is 0 Å². The second-order valence-electron chi connectivity index (χ2n) is 9.19. The molecule has 5 aliphatic heterocycles. The molecule has 4 saturated heterocycles. The molecule has 5 rings (SSSR count). The van der Waals surface area contributed by atoms with Crippen LogP contribution in [0.15, 0.2) is 10.6 Å². The predicted molar refractivity (Wildman–Crippen MR) is 109 cm³/mol. The number of amides is 2. The second kappa shape index (κ2) is 7.22. The van der Waals surface area contributed by atoms with Crippen LogP contribution in [0, 0.1) is 11.8 Å². The average molecular weight is 437 g/mol. The summed E-state index contributed by atoms with van der Waals surface area (Å²) in [5.74, 6) is -1.98. The van der Waals surface area contributed by atoms with Crippen LogP contribution in [0.1, 0.15) is 26.7 Å². The maximum atomic E-state index is 13.0. The number of piperazine rings is 1. The Kier molecular flexibility index (Phi) is 4.88. The van der Waals surface area contributed by atoms with Gasteiger partial charge in [0.2, 0.25) is 11.8 Å². The van der Waals surface area contributed by atoms with E-state index in [9.17, 15) is 24.6 Å². The monoisotopic (exact) mass is 436 g/mol. The van der Waals surface area contributed by atoms with Gasteiger partial charge in [-0.15, -0.1) is 11.8 Å². The minimum atomic E-state index is -1.11. The fourth-order valence-electron chi connectivity index (χ4n) is 5.87. The van der Waals surface area contributed by atoms with Crippen molar-refractivity contribution in [3.63, 3.8) is 0 Å². The van der Waals surface area contributed by atoms with Crippen molar-refractivity contribution in [2.45, 2.75) is 62.2 Å². The number of nitrogens with one attached hydrogen (secondary N) is 2. The fraction of sp³-hybridized carbons (Fsp3) is 0.750. The summed E-state index contributed by atoms with van der Waals surface area (Å²) >= 11 is 1.48. The molecule has 2 bridgehead atoms. The lowest BCUT2D eigenvalue weighted by atomic mass is 9.79. The topological polar surface area (TPSA) is 122 Å². The van der Waals surface area contributed by atoms with E-state index in [0.717, 1.165) is 19.5 Å². The Labute approximate surface area is 179 Å². The maximum Gasteiger partial charge on any atom is 0.353 e. The number of carbonyl (C=O) groups excluding carboxylic acids is 2. The molecular formula is C20H28N4O5S.